The Bertz CT molecular complexity index is 391. The van der Waals surface area contributed by atoms with E-state index < -0.39 is 12.1 Å². The first-order valence-electron chi connectivity index (χ1n) is 6.33. The number of aliphatic hydroxyl groups excluding tert-OH is 1. The lowest BCUT2D eigenvalue weighted by Gasteiger charge is -2.14. The van der Waals surface area contributed by atoms with Gasteiger partial charge in [0.25, 0.3) is 0 Å². The molecule has 0 bridgehead atoms. The van der Waals surface area contributed by atoms with Gasteiger partial charge >= 0.3 is 5.97 Å². The molecule has 5 heteroatoms. The van der Waals surface area contributed by atoms with Crippen molar-refractivity contribution in [2.45, 2.75) is 20.0 Å². The van der Waals surface area contributed by atoms with E-state index in [1.807, 2.05) is 6.92 Å². The molecule has 1 N–H and O–H groups in total. The fraction of sp³-hybridized carbons (Fsp3) is 0.500. The highest BCUT2D eigenvalue weighted by molar-refractivity contribution is 5.92. The Labute approximate surface area is 113 Å². The van der Waals surface area contributed by atoms with Crippen LogP contribution in [0.15, 0.2) is 24.3 Å². The van der Waals surface area contributed by atoms with E-state index in [0.29, 0.717) is 24.5 Å². The standard InChI is InChI=1S/C14H20O5/c1-3-17-9-11(15)10-19-13-8-6-5-7-12(13)14(16)18-4-2/h5-8,11,15H,3-4,9-10H2,1-2H3. The third-order valence-corrected chi connectivity index (χ3v) is 2.33. The van der Waals surface area contributed by atoms with Crippen LogP contribution >= 0.6 is 0 Å². The van der Waals surface area contributed by atoms with Crippen molar-refractivity contribution in [1.29, 1.82) is 0 Å². The van der Waals surface area contributed by atoms with Crippen molar-refractivity contribution in [2.75, 3.05) is 26.4 Å². The summed E-state index contributed by atoms with van der Waals surface area (Å²) in [5.41, 5.74) is 0.355. The summed E-state index contributed by atoms with van der Waals surface area (Å²) < 4.78 is 15.4. The number of esters is 1. The molecule has 0 aliphatic heterocycles. The average molecular weight is 268 g/mol. The normalized spacial score (nSPS) is 11.9. The molecular weight excluding hydrogens is 248 g/mol. The van der Waals surface area contributed by atoms with Gasteiger partial charge in [-0.1, -0.05) is 12.1 Å². The minimum Gasteiger partial charge on any atom is -0.490 e. The Balaban J connectivity index is 2.60. The Hall–Kier alpha value is -1.59. The van der Waals surface area contributed by atoms with Crippen LogP contribution in [-0.4, -0.2) is 43.6 Å². The number of ether oxygens (including phenoxy) is 3. The molecule has 0 saturated carbocycles. The lowest BCUT2D eigenvalue weighted by molar-refractivity contribution is 0.0159. The third-order valence-electron chi connectivity index (χ3n) is 2.33. The summed E-state index contributed by atoms with van der Waals surface area (Å²) in [6.07, 6.45) is -0.727. The van der Waals surface area contributed by atoms with Crippen molar-refractivity contribution in [2.24, 2.45) is 0 Å². The molecule has 19 heavy (non-hydrogen) atoms. The number of carbonyl (C=O) groups excluding carboxylic acids is 1. The highest BCUT2D eigenvalue weighted by Crippen LogP contribution is 2.19. The Morgan fingerprint density at radius 3 is 2.63 bits per heavy atom. The molecule has 0 aliphatic carbocycles. The molecule has 1 aromatic rings. The molecule has 0 radical (unpaired) electrons. The van der Waals surface area contributed by atoms with Gasteiger partial charge in [0.05, 0.1) is 13.2 Å². The summed E-state index contributed by atoms with van der Waals surface area (Å²) >= 11 is 0. The SMILES string of the molecule is CCOCC(O)COc1ccccc1C(=O)OCC. The molecular formula is C14H20O5. The first-order valence-corrected chi connectivity index (χ1v) is 6.33. The monoisotopic (exact) mass is 268 g/mol. The van der Waals surface area contributed by atoms with Gasteiger partial charge in [-0.15, -0.1) is 0 Å². The molecule has 1 atom stereocenters. The highest BCUT2D eigenvalue weighted by Gasteiger charge is 2.14. The maximum atomic E-state index is 11.7. The number of hydrogen-bond donors (Lipinski definition) is 1. The number of carbonyl (C=O) groups is 1. The van der Waals surface area contributed by atoms with Crippen molar-refractivity contribution in [3.05, 3.63) is 29.8 Å². The number of benzene rings is 1. The number of hydrogen-bond acceptors (Lipinski definition) is 5. The molecule has 0 fully saturated rings. The predicted octanol–water partition coefficient (Wildman–Crippen LogP) is 1.64. The van der Waals surface area contributed by atoms with E-state index in [9.17, 15) is 9.90 Å². The van der Waals surface area contributed by atoms with E-state index in [4.69, 9.17) is 14.2 Å². The van der Waals surface area contributed by atoms with Gasteiger partial charge < -0.3 is 19.3 Å². The van der Waals surface area contributed by atoms with Crippen LogP contribution in [-0.2, 0) is 9.47 Å². The number of aliphatic hydroxyl groups is 1. The van der Waals surface area contributed by atoms with Gasteiger partial charge in [0.1, 0.15) is 24.0 Å². The highest BCUT2D eigenvalue weighted by atomic mass is 16.5. The van der Waals surface area contributed by atoms with E-state index in [1.165, 1.54) is 0 Å². The molecule has 1 rings (SSSR count). The zero-order valence-electron chi connectivity index (χ0n) is 11.3. The minimum absolute atomic E-state index is 0.0659. The smallest absolute Gasteiger partial charge is 0.341 e. The molecule has 0 spiro atoms. The first-order chi connectivity index (χ1) is 9.19. The summed E-state index contributed by atoms with van der Waals surface area (Å²) in [7, 11) is 0. The quantitative estimate of drug-likeness (QED) is 0.726. The fourth-order valence-electron chi connectivity index (χ4n) is 1.46. The van der Waals surface area contributed by atoms with Gasteiger partial charge in [-0.05, 0) is 26.0 Å². The molecule has 0 amide bonds. The van der Waals surface area contributed by atoms with Gasteiger partial charge in [0, 0.05) is 6.61 Å². The van der Waals surface area contributed by atoms with E-state index in [2.05, 4.69) is 0 Å². The van der Waals surface area contributed by atoms with Crippen LogP contribution in [0.1, 0.15) is 24.2 Å². The summed E-state index contributed by atoms with van der Waals surface area (Å²) in [5, 5.41) is 9.61. The second kappa shape index (κ2) is 8.50. The summed E-state index contributed by atoms with van der Waals surface area (Å²) in [4.78, 5) is 11.7. The van der Waals surface area contributed by atoms with Gasteiger partial charge in [-0.25, -0.2) is 4.79 Å². The van der Waals surface area contributed by atoms with E-state index in [0.717, 1.165) is 0 Å². The van der Waals surface area contributed by atoms with Crippen LogP contribution in [0.25, 0.3) is 0 Å². The molecule has 1 aromatic carbocycles. The molecule has 0 heterocycles. The van der Waals surface area contributed by atoms with Crippen LogP contribution in [0.3, 0.4) is 0 Å². The van der Waals surface area contributed by atoms with Crippen LogP contribution in [0.2, 0.25) is 0 Å². The van der Waals surface area contributed by atoms with Gasteiger partial charge in [0.15, 0.2) is 0 Å². The van der Waals surface area contributed by atoms with Crippen LogP contribution < -0.4 is 4.74 Å². The molecule has 0 aliphatic rings. The zero-order valence-corrected chi connectivity index (χ0v) is 11.3. The Morgan fingerprint density at radius 1 is 1.21 bits per heavy atom. The van der Waals surface area contributed by atoms with Gasteiger partial charge in [-0.2, -0.15) is 0 Å². The topological polar surface area (TPSA) is 65.0 Å². The lowest BCUT2D eigenvalue weighted by atomic mass is 10.2. The summed E-state index contributed by atoms with van der Waals surface area (Å²) in [5.74, 6) is -0.0334. The lowest BCUT2D eigenvalue weighted by Crippen LogP contribution is -2.24. The van der Waals surface area contributed by atoms with Crippen molar-refractivity contribution < 1.29 is 24.1 Å². The molecule has 0 saturated heterocycles. The van der Waals surface area contributed by atoms with Crippen molar-refractivity contribution in [3.63, 3.8) is 0 Å². The largest absolute Gasteiger partial charge is 0.490 e. The minimum atomic E-state index is -0.727. The molecule has 5 nitrogen and oxygen atoms in total. The molecule has 106 valence electrons. The van der Waals surface area contributed by atoms with Gasteiger partial charge in [0.2, 0.25) is 0 Å². The van der Waals surface area contributed by atoms with Crippen LogP contribution in [0.5, 0.6) is 5.75 Å². The van der Waals surface area contributed by atoms with Crippen LogP contribution in [0.4, 0.5) is 0 Å². The third kappa shape index (κ3) is 5.28. The maximum Gasteiger partial charge on any atom is 0.341 e. The Kier molecular flexibility index (Phi) is 6.92. The van der Waals surface area contributed by atoms with E-state index in [-0.39, 0.29) is 13.2 Å². The molecule has 0 aromatic heterocycles. The van der Waals surface area contributed by atoms with Crippen molar-refractivity contribution in [3.8, 4) is 5.75 Å². The van der Waals surface area contributed by atoms with Gasteiger partial charge in [-0.3, -0.25) is 0 Å². The summed E-state index contributed by atoms with van der Waals surface area (Å²) in [6.45, 7) is 4.71. The first kappa shape index (κ1) is 15.5. The maximum absolute atomic E-state index is 11.7. The zero-order chi connectivity index (χ0) is 14.1. The second-order valence-corrected chi connectivity index (χ2v) is 3.84. The summed E-state index contributed by atoms with van der Waals surface area (Å²) in [6, 6.07) is 6.78. The number of para-hydroxylation sites is 1. The van der Waals surface area contributed by atoms with Crippen LogP contribution in [0, 0.1) is 0 Å². The fourth-order valence-corrected chi connectivity index (χ4v) is 1.46. The number of rotatable bonds is 8. The predicted molar refractivity (Wildman–Crippen MR) is 70.4 cm³/mol. The Morgan fingerprint density at radius 2 is 1.95 bits per heavy atom. The second-order valence-electron chi connectivity index (χ2n) is 3.84. The van der Waals surface area contributed by atoms with Crippen molar-refractivity contribution in [1.82, 2.24) is 0 Å². The van der Waals surface area contributed by atoms with E-state index >= 15 is 0 Å². The van der Waals surface area contributed by atoms with E-state index in [1.54, 1.807) is 31.2 Å². The average Bonchev–Trinajstić information content (AvgIpc) is 2.43. The molecule has 1 unspecified atom stereocenters. The van der Waals surface area contributed by atoms with Crippen molar-refractivity contribution >= 4 is 5.97 Å².